The Morgan fingerprint density at radius 2 is 2.29 bits per heavy atom. The van der Waals surface area contributed by atoms with Gasteiger partial charge in [-0.3, -0.25) is 14.0 Å². The van der Waals surface area contributed by atoms with Crippen LogP contribution in [0.1, 0.15) is 30.7 Å². The van der Waals surface area contributed by atoms with E-state index < -0.39 is 0 Å². The zero-order chi connectivity index (χ0) is 16.9. The van der Waals surface area contributed by atoms with Gasteiger partial charge >= 0.3 is 5.69 Å². The smallest absolute Gasteiger partial charge is 0.345 e. The molecule has 0 fully saturated rings. The highest BCUT2D eigenvalue weighted by Crippen LogP contribution is 2.09. The first-order valence-electron chi connectivity index (χ1n) is 8.24. The van der Waals surface area contributed by atoms with E-state index in [-0.39, 0.29) is 11.6 Å². The average molecular weight is 330 g/mol. The standard InChI is InChI=1S/C16H22N6O2/c1-20-12-13(11-18-20)6-7-15(23)17-8-4-10-22-16(24)21-9-3-2-5-14(21)19-22/h6-7,11-12H,2-5,8-10H2,1H3,(H,17,23)/b7-6-. The summed E-state index contributed by atoms with van der Waals surface area (Å²) in [4.78, 5) is 23.9. The Kier molecular flexibility index (Phi) is 4.93. The van der Waals surface area contributed by atoms with Gasteiger partial charge in [-0.05, 0) is 25.3 Å². The zero-order valence-electron chi connectivity index (χ0n) is 13.8. The molecule has 0 unspecified atom stereocenters. The van der Waals surface area contributed by atoms with Crippen molar-refractivity contribution < 1.29 is 4.79 Å². The lowest BCUT2D eigenvalue weighted by atomic mass is 10.2. The van der Waals surface area contributed by atoms with E-state index in [1.807, 2.05) is 13.2 Å². The van der Waals surface area contributed by atoms with Crippen molar-refractivity contribution >= 4 is 12.0 Å². The van der Waals surface area contributed by atoms with Crippen LogP contribution in [-0.2, 0) is 31.4 Å². The van der Waals surface area contributed by atoms with Gasteiger partial charge in [0, 0.05) is 50.9 Å². The fourth-order valence-corrected chi connectivity index (χ4v) is 2.79. The van der Waals surface area contributed by atoms with Crippen molar-refractivity contribution in [1.29, 1.82) is 0 Å². The lowest BCUT2D eigenvalue weighted by Crippen LogP contribution is -2.28. The Balaban J connectivity index is 1.44. The summed E-state index contributed by atoms with van der Waals surface area (Å²) in [5.74, 6) is 0.727. The molecule has 0 radical (unpaired) electrons. The molecule has 0 saturated carbocycles. The van der Waals surface area contributed by atoms with Gasteiger partial charge in [0.05, 0.1) is 6.20 Å². The largest absolute Gasteiger partial charge is 0.352 e. The molecule has 8 heteroatoms. The minimum absolute atomic E-state index is 0.0347. The summed E-state index contributed by atoms with van der Waals surface area (Å²) in [6.07, 6.45) is 10.4. The molecule has 24 heavy (non-hydrogen) atoms. The molecule has 8 nitrogen and oxygen atoms in total. The van der Waals surface area contributed by atoms with Crippen LogP contribution >= 0.6 is 0 Å². The van der Waals surface area contributed by atoms with Crippen LogP contribution in [0.2, 0.25) is 0 Å². The fraction of sp³-hybridized carbons (Fsp3) is 0.500. The van der Waals surface area contributed by atoms with Crippen molar-refractivity contribution in [3.63, 3.8) is 0 Å². The normalized spacial score (nSPS) is 14.0. The number of hydrogen-bond acceptors (Lipinski definition) is 4. The van der Waals surface area contributed by atoms with Crippen LogP contribution in [0.15, 0.2) is 23.3 Å². The predicted molar refractivity (Wildman–Crippen MR) is 89.3 cm³/mol. The van der Waals surface area contributed by atoms with Crippen LogP contribution < -0.4 is 11.0 Å². The molecule has 0 saturated heterocycles. The highest BCUT2D eigenvalue weighted by atomic mass is 16.2. The minimum atomic E-state index is -0.157. The number of carbonyl (C=O) groups excluding carboxylic acids is 1. The molecule has 0 aromatic carbocycles. The van der Waals surface area contributed by atoms with Crippen molar-refractivity contribution in [1.82, 2.24) is 29.4 Å². The number of rotatable bonds is 6. The topological polar surface area (TPSA) is 86.7 Å². The monoisotopic (exact) mass is 330 g/mol. The third kappa shape index (κ3) is 3.81. The van der Waals surface area contributed by atoms with E-state index in [1.54, 1.807) is 21.5 Å². The molecule has 0 aliphatic carbocycles. The second kappa shape index (κ2) is 7.29. The maximum Gasteiger partial charge on any atom is 0.345 e. The molecule has 128 valence electrons. The van der Waals surface area contributed by atoms with Crippen LogP contribution in [0.4, 0.5) is 0 Å². The van der Waals surface area contributed by atoms with Gasteiger partial charge < -0.3 is 5.32 Å². The van der Waals surface area contributed by atoms with E-state index in [9.17, 15) is 9.59 Å². The number of nitrogens with zero attached hydrogens (tertiary/aromatic N) is 5. The molecule has 2 aromatic heterocycles. The predicted octanol–water partition coefficient (Wildman–Crippen LogP) is 0.334. The number of hydrogen-bond donors (Lipinski definition) is 1. The Morgan fingerprint density at radius 1 is 1.42 bits per heavy atom. The summed E-state index contributed by atoms with van der Waals surface area (Å²) in [6, 6.07) is 0. The average Bonchev–Trinajstić information content (AvgIpc) is 3.14. The third-order valence-electron chi connectivity index (χ3n) is 4.03. The van der Waals surface area contributed by atoms with Crippen LogP contribution in [0.25, 0.3) is 6.08 Å². The number of amides is 1. The van der Waals surface area contributed by atoms with Gasteiger partial charge in [0.15, 0.2) is 0 Å². The first-order chi connectivity index (χ1) is 11.6. The minimum Gasteiger partial charge on any atom is -0.352 e. The van der Waals surface area contributed by atoms with E-state index in [2.05, 4.69) is 15.5 Å². The SMILES string of the molecule is Cn1cc(/C=C\C(=O)NCCCn2nc3n(c2=O)CCCC3)cn1. The summed E-state index contributed by atoms with van der Waals surface area (Å²) in [5.41, 5.74) is 0.843. The first kappa shape index (κ1) is 16.2. The Labute approximate surface area is 139 Å². The quantitative estimate of drug-likeness (QED) is 0.611. The van der Waals surface area contributed by atoms with Crippen molar-refractivity contribution in [3.05, 3.63) is 40.3 Å². The number of fused-ring (bicyclic) bond motifs is 1. The molecule has 3 rings (SSSR count). The summed E-state index contributed by atoms with van der Waals surface area (Å²) in [5, 5.41) is 11.2. The second-order valence-corrected chi connectivity index (χ2v) is 5.96. The van der Waals surface area contributed by atoms with E-state index >= 15 is 0 Å². The highest BCUT2D eigenvalue weighted by Gasteiger charge is 2.16. The summed E-state index contributed by atoms with van der Waals surface area (Å²) in [6.45, 7) is 1.79. The molecular weight excluding hydrogens is 308 g/mol. The zero-order valence-corrected chi connectivity index (χ0v) is 13.8. The molecular formula is C16H22N6O2. The first-order valence-corrected chi connectivity index (χ1v) is 8.24. The van der Waals surface area contributed by atoms with Gasteiger partial charge in [0.25, 0.3) is 0 Å². The van der Waals surface area contributed by atoms with Crippen molar-refractivity contribution in [2.45, 2.75) is 38.8 Å². The Bertz CT molecular complexity index is 798. The maximum absolute atomic E-state index is 12.2. The van der Waals surface area contributed by atoms with Gasteiger partial charge in [-0.1, -0.05) is 0 Å². The molecule has 3 heterocycles. The van der Waals surface area contributed by atoms with Crippen molar-refractivity contribution in [3.8, 4) is 0 Å². The summed E-state index contributed by atoms with van der Waals surface area (Å²) >= 11 is 0. The Hall–Kier alpha value is -2.64. The molecule has 1 aliphatic heterocycles. The maximum atomic E-state index is 12.2. The highest BCUT2D eigenvalue weighted by molar-refractivity contribution is 5.91. The van der Waals surface area contributed by atoms with Gasteiger partial charge in [0.2, 0.25) is 5.91 Å². The molecule has 0 bridgehead atoms. The third-order valence-corrected chi connectivity index (χ3v) is 4.03. The summed E-state index contributed by atoms with van der Waals surface area (Å²) in [7, 11) is 1.83. The number of carbonyl (C=O) groups is 1. The van der Waals surface area contributed by atoms with Crippen LogP contribution in [-0.4, -0.2) is 36.6 Å². The van der Waals surface area contributed by atoms with Crippen molar-refractivity contribution in [2.24, 2.45) is 7.05 Å². The van der Waals surface area contributed by atoms with Gasteiger partial charge in [-0.2, -0.15) is 10.2 Å². The molecule has 1 N–H and O–H groups in total. The molecule has 1 aliphatic rings. The van der Waals surface area contributed by atoms with Crippen LogP contribution in [0, 0.1) is 0 Å². The van der Waals surface area contributed by atoms with Gasteiger partial charge in [0.1, 0.15) is 5.82 Å². The second-order valence-electron chi connectivity index (χ2n) is 5.96. The Morgan fingerprint density at radius 3 is 3.04 bits per heavy atom. The molecule has 0 atom stereocenters. The van der Waals surface area contributed by atoms with Gasteiger partial charge in [-0.15, -0.1) is 0 Å². The van der Waals surface area contributed by atoms with Gasteiger partial charge in [-0.25, -0.2) is 9.48 Å². The molecule has 0 spiro atoms. The number of aryl methyl sites for hydroxylation is 3. The van der Waals surface area contributed by atoms with E-state index in [0.29, 0.717) is 19.5 Å². The van der Waals surface area contributed by atoms with Crippen molar-refractivity contribution in [2.75, 3.05) is 6.54 Å². The fourth-order valence-electron chi connectivity index (χ4n) is 2.79. The lowest BCUT2D eigenvalue weighted by Gasteiger charge is -2.09. The number of nitrogens with one attached hydrogen (secondary N) is 1. The summed E-state index contributed by atoms with van der Waals surface area (Å²) < 4.78 is 4.96. The number of aromatic nitrogens is 5. The van der Waals surface area contributed by atoms with Crippen LogP contribution in [0.3, 0.4) is 0 Å². The molecule has 2 aromatic rings. The van der Waals surface area contributed by atoms with E-state index in [4.69, 9.17) is 0 Å². The van der Waals surface area contributed by atoms with E-state index in [1.165, 1.54) is 10.8 Å². The van der Waals surface area contributed by atoms with Crippen LogP contribution in [0.5, 0.6) is 0 Å². The lowest BCUT2D eigenvalue weighted by molar-refractivity contribution is -0.116. The van der Waals surface area contributed by atoms with E-state index in [0.717, 1.165) is 37.2 Å². The molecule has 1 amide bonds.